The van der Waals surface area contributed by atoms with Gasteiger partial charge in [-0.25, -0.2) is 8.42 Å². The maximum atomic E-state index is 12.4. The Hall–Kier alpha value is -0.720. The van der Waals surface area contributed by atoms with E-state index in [1.165, 1.54) is 4.31 Å². The van der Waals surface area contributed by atoms with Crippen molar-refractivity contribution in [1.29, 1.82) is 0 Å². The van der Waals surface area contributed by atoms with Crippen molar-refractivity contribution in [2.75, 3.05) is 30.9 Å². The standard InChI is InChI=1S/C13H22N2O2S2/c1-5-14-12-6-8-13(9-7-12)19(16,17)15(3)11(2)10-18-4/h6-9,11,14H,5,10H2,1-4H3. The van der Waals surface area contributed by atoms with Gasteiger partial charge in [0.05, 0.1) is 4.90 Å². The molecule has 1 unspecified atom stereocenters. The van der Waals surface area contributed by atoms with Crippen LogP contribution in [0, 0.1) is 0 Å². The third-order valence-electron chi connectivity index (χ3n) is 2.94. The van der Waals surface area contributed by atoms with Crippen LogP contribution in [0.2, 0.25) is 0 Å². The highest BCUT2D eigenvalue weighted by Gasteiger charge is 2.24. The summed E-state index contributed by atoms with van der Waals surface area (Å²) >= 11 is 1.64. The van der Waals surface area contributed by atoms with Crippen molar-refractivity contribution >= 4 is 27.5 Å². The third kappa shape index (κ3) is 4.12. The summed E-state index contributed by atoms with van der Waals surface area (Å²) < 4.78 is 26.3. The number of nitrogens with zero attached hydrogens (tertiary/aromatic N) is 1. The first-order valence-electron chi connectivity index (χ1n) is 6.24. The summed E-state index contributed by atoms with van der Waals surface area (Å²) in [5.41, 5.74) is 0.932. The lowest BCUT2D eigenvalue weighted by Gasteiger charge is -2.23. The van der Waals surface area contributed by atoms with Crippen LogP contribution in [0.15, 0.2) is 29.2 Å². The van der Waals surface area contributed by atoms with Gasteiger partial charge < -0.3 is 5.32 Å². The van der Waals surface area contributed by atoms with Crippen LogP contribution in [0.4, 0.5) is 5.69 Å². The molecule has 1 rings (SSSR count). The molecule has 1 N–H and O–H groups in total. The average Bonchev–Trinajstić information content (AvgIpc) is 2.39. The van der Waals surface area contributed by atoms with Gasteiger partial charge in [0.25, 0.3) is 0 Å². The summed E-state index contributed by atoms with van der Waals surface area (Å²) in [6.45, 7) is 4.74. The maximum absolute atomic E-state index is 12.4. The van der Waals surface area contributed by atoms with Crippen LogP contribution in [-0.2, 0) is 10.0 Å². The molecule has 0 spiro atoms. The number of hydrogen-bond acceptors (Lipinski definition) is 4. The number of sulfonamides is 1. The van der Waals surface area contributed by atoms with Crippen LogP contribution in [0.1, 0.15) is 13.8 Å². The first-order valence-corrected chi connectivity index (χ1v) is 9.07. The maximum Gasteiger partial charge on any atom is 0.243 e. The van der Waals surface area contributed by atoms with E-state index in [4.69, 9.17) is 0 Å². The molecule has 19 heavy (non-hydrogen) atoms. The van der Waals surface area contributed by atoms with Crippen LogP contribution in [0.25, 0.3) is 0 Å². The summed E-state index contributed by atoms with van der Waals surface area (Å²) in [5, 5.41) is 3.15. The molecule has 1 aromatic rings. The van der Waals surface area contributed by atoms with E-state index in [0.717, 1.165) is 18.0 Å². The van der Waals surface area contributed by atoms with Gasteiger partial charge in [0.2, 0.25) is 10.0 Å². The smallest absolute Gasteiger partial charge is 0.243 e. The van der Waals surface area contributed by atoms with Crippen LogP contribution < -0.4 is 5.32 Å². The lowest BCUT2D eigenvalue weighted by atomic mass is 10.3. The lowest BCUT2D eigenvalue weighted by Crippen LogP contribution is -2.36. The quantitative estimate of drug-likeness (QED) is 0.841. The molecule has 0 saturated heterocycles. The van der Waals surface area contributed by atoms with Crippen LogP contribution in [0.5, 0.6) is 0 Å². The zero-order valence-corrected chi connectivity index (χ0v) is 13.5. The number of anilines is 1. The van der Waals surface area contributed by atoms with Crippen molar-refractivity contribution < 1.29 is 8.42 Å². The van der Waals surface area contributed by atoms with E-state index in [2.05, 4.69) is 5.32 Å². The fourth-order valence-corrected chi connectivity index (χ4v) is 3.86. The molecule has 0 aliphatic heterocycles. The molecule has 0 saturated carbocycles. The van der Waals surface area contributed by atoms with E-state index in [-0.39, 0.29) is 6.04 Å². The average molecular weight is 302 g/mol. The Morgan fingerprint density at radius 3 is 2.37 bits per heavy atom. The van der Waals surface area contributed by atoms with Gasteiger partial charge in [-0.15, -0.1) is 0 Å². The van der Waals surface area contributed by atoms with Crippen molar-refractivity contribution in [3.05, 3.63) is 24.3 Å². The molecular formula is C13H22N2O2S2. The molecule has 0 radical (unpaired) electrons. The fraction of sp³-hybridized carbons (Fsp3) is 0.538. The Bertz CT molecular complexity index is 486. The molecular weight excluding hydrogens is 280 g/mol. The second-order valence-electron chi connectivity index (χ2n) is 4.38. The Kier molecular flexibility index (Phi) is 6.16. The van der Waals surface area contributed by atoms with E-state index in [1.807, 2.05) is 20.1 Å². The molecule has 0 amide bonds. The molecule has 0 aliphatic carbocycles. The Morgan fingerprint density at radius 1 is 1.32 bits per heavy atom. The summed E-state index contributed by atoms with van der Waals surface area (Å²) in [6, 6.07) is 6.87. The fourth-order valence-electron chi connectivity index (χ4n) is 1.70. The molecule has 0 fully saturated rings. The van der Waals surface area contributed by atoms with Crippen LogP contribution in [-0.4, -0.2) is 44.4 Å². The number of hydrogen-bond donors (Lipinski definition) is 1. The van der Waals surface area contributed by atoms with Crippen LogP contribution >= 0.6 is 11.8 Å². The van der Waals surface area contributed by atoms with Crippen LogP contribution in [0.3, 0.4) is 0 Å². The Balaban J connectivity index is 2.93. The second-order valence-corrected chi connectivity index (χ2v) is 7.29. The van der Waals surface area contributed by atoms with Gasteiger partial charge in [0.15, 0.2) is 0 Å². The highest BCUT2D eigenvalue weighted by Crippen LogP contribution is 2.20. The van der Waals surface area contributed by atoms with Gasteiger partial charge in [0, 0.05) is 31.1 Å². The highest BCUT2D eigenvalue weighted by molar-refractivity contribution is 7.98. The van der Waals surface area contributed by atoms with Gasteiger partial charge >= 0.3 is 0 Å². The minimum absolute atomic E-state index is 0.0200. The SMILES string of the molecule is CCNc1ccc(S(=O)(=O)N(C)C(C)CSC)cc1. The summed E-state index contributed by atoms with van der Waals surface area (Å²) in [6.07, 6.45) is 1.97. The summed E-state index contributed by atoms with van der Waals surface area (Å²) in [5.74, 6) is 0.783. The molecule has 0 heterocycles. The molecule has 0 bridgehead atoms. The van der Waals surface area contributed by atoms with E-state index < -0.39 is 10.0 Å². The molecule has 4 nitrogen and oxygen atoms in total. The Labute approximate surface area is 120 Å². The van der Waals surface area contributed by atoms with Crippen molar-refractivity contribution in [1.82, 2.24) is 4.31 Å². The normalized spacial score (nSPS) is 13.5. The molecule has 1 aromatic carbocycles. The van der Waals surface area contributed by atoms with Gasteiger partial charge in [-0.05, 0) is 44.4 Å². The van der Waals surface area contributed by atoms with Gasteiger partial charge in [-0.1, -0.05) is 0 Å². The molecule has 0 aromatic heterocycles. The van der Waals surface area contributed by atoms with Crippen molar-refractivity contribution in [3.63, 3.8) is 0 Å². The van der Waals surface area contributed by atoms with Gasteiger partial charge in [0.1, 0.15) is 0 Å². The lowest BCUT2D eigenvalue weighted by molar-refractivity contribution is 0.415. The van der Waals surface area contributed by atoms with Crippen molar-refractivity contribution in [2.45, 2.75) is 24.8 Å². The zero-order chi connectivity index (χ0) is 14.5. The number of nitrogens with one attached hydrogen (secondary N) is 1. The molecule has 6 heteroatoms. The minimum atomic E-state index is -3.40. The van der Waals surface area contributed by atoms with Crippen molar-refractivity contribution in [2.24, 2.45) is 0 Å². The monoisotopic (exact) mass is 302 g/mol. The second kappa shape index (κ2) is 7.17. The molecule has 108 valence electrons. The van der Waals surface area contributed by atoms with Gasteiger partial charge in [-0.3, -0.25) is 0 Å². The zero-order valence-electron chi connectivity index (χ0n) is 11.9. The number of benzene rings is 1. The van der Waals surface area contributed by atoms with E-state index >= 15 is 0 Å². The third-order valence-corrected chi connectivity index (χ3v) is 5.74. The molecule has 0 aliphatic rings. The van der Waals surface area contributed by atoms with E-state index in [0.29, 0.717) is 4.90 Å². The first kappa shape index (κ1) is 16.3. The largest absolute Gasteiger partial charge is 0.385 e. The van der Waals surface area contributed by atoms with Gasteiger partial charge in [-0.2, -0.15) is 16.1 Å². The first-order chi connectivity index (χ1) is 8.93. The summed E-state index contributed by atoms with van der Waals surface area (Å²) in [4.78, 5) is 0.338. The number of rotatable bonds is 7. The number of thioether (sulfide) groups is 1. The predicted octanol–water partition coefficient (Wildman–Crippen LogP) is 2.49. The Morgan fingerprint density at radius 2 is 1.89 bits per heavy atom. The predicted molar refractivity (Wildman–Crippen MR) is 83.4 cm³/mol. The van der Waals surface area contributed by atoms with E-state index in [1.54, 1.807) is 43.1 Å². The molecule has 1 atom stereocenters. The minimum Gasteiger partial charge on any atom is -0.385 e. The van der Waals surface area contributed by atoms with Crippen molar-refractivity contribution in [3.8, 4) is 0 Å². The summed E-state index contributed by atoms with van der Waals surface area (Å²) in [7, 11) is -1.77. The van der Waals surface area contributed by atoms with E-state index in [9.17, 15) is 8.42 Å². The highest BCUT2D eigenvalue weighted by atomic mass is 32.2. The topological polar surface area (TPSA) is 49.4 Å².